The highest BCUT2D eigenvalue weighted by Gasteiger charge is 2.21. The van der Waals surface area contributed by atoms with Gasteiger partial charge in [0.15, 0.2) is 31.0 Å². The van der Waals surface area contributed by atoms with Crippen LogP contribution >= 0.6 is 0 Å². The Morgan fingerprint density at radius 3 is 1.02 bits per heavy atom. The van der Waals surface area contributed by atoms with Crippen LogP contribution in [-0.2, 0) is 48.0 Å². The van der Waals surface area contributed by atoms with E-state index in [1.165, 1.54) is 22.4 Å². The number of aryl methyl sites for hydroxylation is 17. The van der Waals surface area contributed by atoms with Gasteiger partial charge in [-0.15, -0.1) is 0 Å². The first kappa shape index (κ1) is 51.2. The van der Waals surface area contributed by atoms with E-state index < -0.39 is 57.8 Å². The van der Waals surface area contributed by atoms with Crippen molar-refractivity contribution < 1.29 is 48.9 Å². The van der Waals surface area contributed by atoms with Crippen LogP contribution < -0.4 is 22.8 Å². The van der Waals surface area contributed by atoms with Gasteiger partial charge in [-0.1, -0.05) is 158 Å². The molecule has 5 heterocycles. The van der Waals surface area contributed by atoms with Crippen LogP contribution in [0.15, 0.2) is 171 Å². The SMILES string of the molecule is [2H]C(C)(C)c1c[n+](C)c(-c2ccccc2C)cc1C.[2H]C([2H])([2H])c1ccc(-c2cc(C)c(C([2H])(C)C)c[n+]2C)c(C)c1.[2H]C([2H])([2H])c1ccc(-c2cc(C)c(C([2H])([2H])C(C)C)c[n+]2C)c(C)c1.[2H]C([2H])([2H])c1ccc(-c2ccc(C([2H])(C)C)c[n+]2C)c(C)c1.[2H]C([2H])([2H])c1ccc(-c2ccc(C([2H])([2H])C(C)C)c[n+]2C)c(C)c1. The van der Waals surface area contributed by atoms with Crippen LogP contribution in [0.3, 0.4) is 0 Å². The lowest BCUT2D eigenvalue weighted by Crippen LogP contribution is -2.32. The molecule has 5 aromatic carbocycles. The predicted molar refractivity (Wildman–Crippen MR) is 401 cm³/mol. The maximum Gasteiger partial charge on any atom is 0.212 e. The summed E-state index contributed by atoms with van der Waals surface area (Å²) >= 11 is 0. The summed E-state index contributed by atoms with van der Waals surface area (Å²) in [7, 11) is 9.73. The Bertz CT molecular complexity index is 4980. The molecule has 494 valence electrons. The quantitative estimate of drug-likeness (QED) is 0.109. The number of hydrogen-bond acceptors (Lipinski definition) is 0. The Hall–Kier alpha value is -8.15. The van der Waals surface area contributed by atoms with Gasteiger partial charge < -0.3 is 0 Å². The first-order chi connectivity index (χ1) is 51.5. The number of nitrogens with zero attached hydrogens (tertiary/aromatic N) is 5. The normalized spacial score (nSPS) is 15.2. The van der Waals surface area contributed by atoms with Gasteiger partial charge in [0.25, 0.3) is 0 Å². The molecule has 94 heavy (non-hydrogen) atoms. The summed E-state index contributed by atoms with van der Waals surface area (Å²) in [5.41, 5.74) is 24.0. The highest BCUT2D eigenvalue weighted by molar-refractivity contribution is 5.66. The van der Waals surface area contributed by atoms with Crippen LogP contribution in [0.5, 0.6) is 0 Å². The third kappa shape index (κ3) is 20.2. The van der Waals surface area contributed by atoms with Crippen LogP contribution in [0.4, 0.5) is 0 Å². The predicted octanol–water partition coefficient (Wildman–Crippen LogP) is 20.4. The number of hydrogen-bond donors (Lipinski definition) is 0. The van der Waals surface area contributed by atoms with E-state index in [9.17, 15) is 0 Å². The van der Waals surface area contributed by atoms with Crippen LogP contribution in [0.2, 0.25) is 0 Å². The number of rotatable bonds is 12. The highest BCUT2D eigenvalue weighted by Crippen LogP contribution is 2.30. The molecule has 10 rings (SSSR count). The number of aromatic nitrogens is 5. The fourth-order valence-electron chi connectivity index (χ4n) is 11.7. The van der Waals surface area contributed by atoms with Gasteiger partial charge in [0.05, 0.1) is 0 Å². The van der Waals surface area contributed by atoms with E-state index in [4.69, 9.17) is 26.0 Å². The molecule has 0 atom stereocenters. The van der Waals surface area contributed by atoms with Crippen LogP contribution in [-0.4, -0.2) is 0 Å². The molecule has 0 amide bonds. The van der Waals surface area contributed by atoms with Crippen molar-refractivity contribution in [2.75, 3.05) is 0 Å². The van der Waals surface area contributed by atoms with Gasteiger partial charge in [0.1, 0.15) is 35.2 Å². The zero-order valence-electron chi connectivity index (χ0n) is 79.6. The van der Waals surface area contributed by atoms with Crippen molar-refractivity contribution in [1.29, 1.82) is 0 Å². The van der Waals surface area contributed by atoms with Gasteiger partial charge in [0, 0.05) is 112 Å². The van der Waals surface area contributed by atoms with E-state index in [2.05, 4.69) is 68.1 Å². The van der Waals surface area contributed by atoms with E-state index in [0.717, 1.165) is 95.1 Å². The van der Waals surface area contributed by atoms with Crippen molar-refractivity contribution in [1.82, 2.24) is 0 Å². The lowest BCUT2D eigenvalue weighted by Gasteiger charge is -2.11. The zero-order chi connectivity index (χ0) is 85.9. The van der Waals surface area contributed by atoms with Crippen molar-refractivity contribution in [2.24, 2.45) is 47.1 Å². The van der Waals surface area contributed by atoms with Crippen LogP contribution in [0.25, 0.3) is 56.3 Å². The summed E-state index contributed by atoms with van der Waals surface area (Å²) in [6.45, 7) is 26.3. The second kappa shape index (κ2) is 33.8. The summed E-state index contributed by atoms with van der Waals surface area (Å²) in [6, 6.07) is 43.2. The van der Waals surface area contributed by atoms with Gasteiger partial charge in [-0.3, -0.25) is 0 Å². The third-order valence-corrected chi connectivity index (χ3v) is 16.7. The van der Waals surface area contributed by atoms with Crippen LogP contribution in [0, 0.1) is 94.6 Å². The molecule has 0 N–H and O–H groups in total. The lowest BCUT2D eigenvalue weighted by molar-refractivity contribution is -0.661. The Morgan fingerprint density at radius 2 is 0.670 bits per heavy atom. The molecule has 0 bridgehead atoms. The maximum absolute atomic E-state index is 8.36. The molecule has 5 heteroatoms. The van der Waals surface area contributed by atoms with E-state index in [1.807, 2.05) is 237 Å². The van der Waals surface area contributed by atoms with E-state index >= 15 is 0 Å². The molecule has 5 aromatic heterocycles. The molecule has 0 saturated heterocycles. The summed E-state index contributed by atoms with van der Waals surface area (Å²) in [4.78, 5) is 0. The summed E-state index contributed by atoms with van der Waals surface area (Å²) in [5, 5.41) is 0. The zero-order valence-corrected chi connectivity index (χ0v) is 60.6. The molecule has 0 aliphatic heterocycles. The van der Waals surface area contributed by atoms with Gasteiger partial charge in [-0.05, 0) is 212 Å². The van der Waals surface area contributed by atoms with Gasteiger partial charge in [-0.2, -0.15) is 0 Å². The Labute approximate surface area is 597 Å². The topological polar surface area (TPSA) is 19.4 Å². The minimum Gasteiger partial charge on any atom is -0.201 e. The smallest absolute Gasteiger partial charge is 0.201 e. The minimum atomic E-state index is -2.11. The van der Waals surface area contributed by atoms with Crippen molar-refractivity contribution in [3.63, 3.8) is 0 Å². The monoisotopic (exact) mass is 1280 g/mol. The van der Waals surface area contributed by atoms with Crippen molar-refractivity contribution in [2.45, 2.75) is 182 Å². The average molecular weight is 1280 g/mol. The Morgan fingerprint density at radius 1 is 0.319 bits per heavy atom. The van der Waals surface area contributed by atoms with Crippen molar-refractivity contribution in [3.8, 4) is 56.3 Å². The summed E-state index contributed by atoms with van der Waals surface area (Å²) in [5.74, 6) is -2.11. The molecule has 0 radical (unpaired) electrons. The van der Waals surface area contributed by atoms with Crippen molar-refractivity contribution >= 4 is 0 Å². The van der Waals surface area contributed by atoms with Crippen LogP contribution in [0.1, 0.15) is 208 Å². The molecule has 0 spiro atoms. The molecule has 0 saturated carbocycles. The first-order valence-electron chi connectivity index (χ1n) is 42.1. The third-order valence-electron chi connectivity index (χ3n) is 16.7. The second-order valence-corrected chi connectivity index (χ2v) is 26.5. The summed E-state index contributed by atoms with van der Waals surface area (Å²) in [6.07, 6.45) is 6.91. The standard InChI is InChI=1S/C19H26N.2C18H24N.2C17H22N/c1-13(2)9-17-12-20(6)19(11-15(17)4)18-8-7-14(3)10-16(18)5;1-12(2)17-11-19(6)18(10-15(17)5)16-8-7-13(3)9-14(16)4;1-13(2)10-16-7-9-18(19(5)12-16)17-8-6-14(3)11-15(17)4;1-12(2)15-7-9-17(18(5)11-15)16-8-6-13(3)10-14(16)4;1-12(2)16-11-18(5)17(10-14(16)4)15-9-7-6-8-13(15)3/h7-8,10-13H,9H2,1-6H3;7-12H,1-6H3;6-9,11-13H,10H2,1-5H3;2*6-12H,1-5H3/q5*+1/i3D3,9D2;3D3,12D;3D3,10D2;3D3,12D;12D. The Balaban J connectivity index is 0.000000221. The molecule has 0 fully saturated rings. The highest BCUT2D eigenvalue weighted by atomic mass is 14.9. The van der Waals surface area contributed by atoms with E-state index in [-0.39, 0.29) is 11.8 Å². The molecule has 0 unspecified atom stereocenters. The molecular weight excluding hydrogens is 1140 g/mol. The number of benzene rings is 5. The Kier molecular flexibility index (Phi) is 18.4. The molecule has 0 aliphatic carbocycles. The number of pyridine rings is 5. The largest absolute Gasteiger partial charge is 0.212 e. The van der Waals surface area contributed by atoms with Gasteiger partial charge in [0.2, 0.25) is 28.5 Å². The molecule has 5 nitrogen and oxygen atoms in total. The maximum atomic E-state index is 8.36. The average Bonchev–Trinajstić information content (AvgIpc) is 0.800. The van der Waals surface area contributed by atoms with Gasteiger partial charge >= 0.3 is 0 Å². The fraction of sp³-hybridized carbons (Fsp3) is 0.382. The lowest BCUT2D eigenvalue weighted by atomic mass is 9.96. The van der Waals surface area contributed by atoms with E-state index in [0.29, 0.717) is 33.4 Å². The molecule has 0 aliphatic rings. The molecular formula is C89H118N5+5. The van der Waals surface area contributed by atoms with Crippen molar-refractivity contribution in [3.05, 3.63) is 265 Å². The minimum absolute atomic E-state index is 0.122. The van der Waals surface area contributed by atoms with Gasteiger partial charge in [-0.25, -0.2) is 22.8 Å². The summed E-state index contributed by atoms with van der Waals surface area (Å²) < 4.78 is 158. The second-order valence-electron chi connectivity index (χ2n) is 26.5. The fourth-order valence-corrected chi connectivity index (χ4v) is 11.7. The van der Waals surface area contributed by atoms with E-state index in [1.54, 1.807) is 48.5 Å². The first-order valence-corrected chi connectivity index (χ1v) is 32.6. The molecule has 10 aromatic rings.